The van der Waals surface area contributed by atoms with Crippen LogP contribution in [0.2, 0.25) is 0 Å². The van der Waals surface area contributed by atoms with Crippen molar-refractivity contribution in [2.75, 3.05) is 6.54 Å². The molecule has 0 aliphatic rings. The molecule has 0 saturated heterocycles. The zero-order valence-electron chi connectivity index (χ0n) is 11.5. The minimum absolute atomic E-state index is 0.121. The second-order valence-electron chi connectivity index (χ2n) is 4.45. The molecule has 2 aromatic carbocycles. The molecule has 1 amide bonds. The Morgan fingerprint density at radius 3 is 2.59 bits per heavy atom. The van der Waals surface area contributed by atoms with Gasteiger partial charge >= 0.3 is 5.97 Å². The smallest absolute Gasteiger partial charge is 0.325 e. The summed E-state index contributed by atoms with van der Waals surface area (Å²) in [7, 11) is 0. The van der Waals surface area contributed by atoms with Gasteiger partial charge in [0.2, 0.25) is 0 Å². The Labute approximate surface area is 135 Å². The number of hydrogen-bond donors (Lipinski definition) is 1. The third-order valence-corrected chi connectivity index (χ3v) is 3.50. The van der Waals surface area contributed by atoms with Crippen LogP contribution in [0, 0.1) is 5.82 Å². The number of esters is 1. The molecule has 0 fully saturated rings. The maximum Gasteiger partial charge on any atom is 0.325 e. The largest absolute Gasteiger partial charge is 0.460 e. The van der Waals surface area contributed by atoms with Crippen molar-refractivity contribution in [1.29, 1.82) is 0 Å². The minimum atomic E-state index is -0.565. The molecule has 0 aliphatic heterocycles. The lowest BCUT2D eigenvalue weighted by Gasteiger charge is -2.08. The van der Waals surface area contributed by atoms with Gasteiger partial charge in [0, 0.05) is 4.47 Å². The molecule has 1 N–H and O–H groups in total. The molecule has 0 radical (unpaired) electrons. The highest BCUT2D eigenvalue weighted by Gasteiger charge is 2.13. The van der Waals surface area contributed by atoms with E-state index in [2.05, 4.69) is 21.2 Å². The molecule has 6 heteroatoms. The van der Waals surface area contributed by atoms with Crippen molar-refractivity contribution >= 4 is 27.8 Å². The lowest BCUT2D eigenvalue weighted by Crippen LogP contribution is -2.30. The molecule has 0 spiro atoms. The van der Waals surface area contributed by atoms with Crippen molar-refractivity contribution in [1.82, 2.24) is 5.32 Å². The third-order valence-electron chi connectivity index (χ3n) is 2.81. The summed E-state index contributed by atoms with van der Waals surface area (Å²) in [5.74, 6) is -1.65. The zero-order chi connectivity index (χ0) is 15.9. The first-order chi connectivity index (χ1) is 10.6. The predicted molar refractivity (Wildman–Crippen MR) is 82.7 cm³/mol. The molecule has 2 rings (SSSR count). The number of nitrogens with one attached hydrogen (secondary N) is 1. The van der Waals surface area contributed by atoms with Crippen LogP contribution in [0.4, 0.5) is 4.39 Å². The maximum atomic E-state index is 13.1. The first-order valence-electron chi connectivity index (χ1n) is 6.49. The lowest BCUT2D eigenvalue weighted by molar-refractivity contribution is -0.143. The number of hydrogen-bond acceptors (Lipinski definition) is 3. The van der Waals surface area contributed by atoms with Crippen molar-refractivity contribution < 1.29 is 18.7 Å². The van der Waals surface area contributed by atoms with E-state index >= 15 is 0 Å². The van der Waals surface area contributed by atoms with Gasteiger partial charge in [0.05, 0.1) is 5.56 Å². The second kappa shape index (κ2) is 7.70. The van der Waals surface area contributed by atoms with Gasteiger partial charge in [-0.2, -0.15) is 0 Å². The summed E-state index contributed by atoms with van der Waals surface area (Å²) in [6.07, 6.45) is 0. The normalized spacial score (nSPS) is 10.1. The van der Waals surface area contributed by atoms with E-state index in [9.17, 15) is 14.0 Å². The van der Waals surface area contributed by atoms with Crippen LogP contribution in [0.3, 0.4) is 0 Å². The van der Waals surface area contributed by atoms with Crippen molar-refractivity contribution in [3.63, 3.8) is 0 Å². The number of amides is 1. The van der Waals surface area contributed by atoms with Crippen LogP contribution >= 0.6 is 15.9 Å². The zero-order valence-corrected chi connectivity index (χ0v) is 13.1. The molecule has 0 aromatic heterocycles. The average Bonchev–Trinajstić information content (AvgIpc) is 2.54. The van der Waals surface area contributed by atoms with Crippen molar-refractivity contribution in [3.8, 4) is 0 Å². The van der Waals surface area contributed by atoms with Crippen molar-refractivity contribution in [2.45, 2.75) is 6.61 Å². The molecular formula is C16H13BrFNO3. The Hall–Kier alpha value is -2.21. The first-order valence-corrected chi connectivity index (χ1v) is 7.28. The SMILES string of the molecule is O=C(CNC(=O)c1cc(F)ccc1Br)OCc1ccccc1. The minimum Gasteiger partial charge on any atom is -0.460 e. The molecule has 0 unspecified atom stereocenters. The lowest BCUT2D eigenvalue weighted by atomic mass is 10.2. The molecule has 114 valence electrons. The highest BCUT2D eigenvalue weighted by molar-refractivity contribution is 9.10. The fourth-order valence-corrected chi connectivity index (χ4v) is 2.13. The molecule has 0 aliphatic carbocycles. The number of carbonyl (C=O) groups excluding carboxylic acids is 2. The summed E-state index contributed by atoms with van der Waals surface area (Å²) in [5.41, 5.74) is 0.978. The van der Waals surface area contributed by atoms with Gasteiger partial charge in [0.15, 0.2) is 0 Å². The van der Waals surface area contributed by atoms with Crippen LogP contribution in [0.1, 0.15) is 15.9 Å². The van der Waals surface area contributed by atoms with E-state index in [-0.39, 0.29) is 18.7 Å². The predicted octanol–water partition coefficient (Wildman–Crippen LogP) is 3.06. The van der Waals surface area contributed by atoms with Gasteiger partial charge in [0.1, 0.15) is 19.0 Å². The third kappa shape index (κ3) is 4.66. The van der Waals surface area contributed by atoms with E-state index in [4.69, 9.17) is 4.74 Å². The second-order valence-corrected chi connectivity index (χ2v) is 5.31. The highest BCUT2D eigenvalue weighted by Crippen LogP contribution is 2.17. The van der Waals surface area contributed by atoms with Crippen molar-refractivity contribution in [2.24, 2.45) is 0 Å². The molecule has 22 heavy (non-hydrogen) atoms. The maximum absolute atomic E-state index is 13.1. The van der Waals surface area contributed by atoms with Gasteiger partial charge in [-0.1, -0.05) is 30.3 Å². The number of halogens is 2. The fraction of sp³-hybridized carbons (Fsp3) is 0.125. The van der Waals surface area contributed by atoms with Gasteiger partial charge in [-0.05, 0) is 39.7 Å². The Morgan fingerprint density at radius 2 is 1.86 bits per heavy atom. The van der Waals surface area contributed by atoms with Gasteiger partial charge in [-0.15, -0.1) is 0 Å². The van der Waals surface area contributed by atoms with E-state index < -0.39 is 17.7 Å². The Balaban J connectivity index is 1.83. The van der Waals surface area contributed by atoms with Gasteiger partial charge in [0.25, 0.3) is 5.91 Å². The summed E-state index contributed by atoms with van der Waals surface area (Å²) in [5, 5.41) is 2.39. The van der Waals surface area contributed by atoms with Crippen LogP contribution in [0.15, 0.2) is 53.0 Å². The van der Waals surface area contributed by atoms with Crippen LogP contribution in [0.5, 0.6) is 0 Å². The molecule has 0 heterocycles. The highest BCUT2D eigenvalue weighted by atomic mass is 79.9. The van der Waals surface area contributed by atoms with E-state index in [0.717, 1.165) is 11.6 Å². The van der Waals surface area contributed by atoms with Crippen molar-refractivity contribution in [3.05, 3.63) is 69.9 Å². The summed E-state index contributed by atoms with van der Waals surface area (Å²) in [6, 6.07) is 13.0. The summed E-state index contributed by atoms with van der Waals surface area (Å²) in [4.78, 5) is 23.5. The van der Waals surface area contributed by atoms with Crippen LogP contribution in [-0.2, 0) is 16.1 Å². The molecule has 4 nitrogen and oxygen atoms in total. The summed E-state index contributed by atoms with van der Waals surface area (Å²) in [6.45, 7) is -0.145. The van der Waals surface area contributed by atoms with Gasteiger partial charge in [-0.25, -0.2) is 4.39 Å². The standard InChI is InChI=1S/C16H13BrFNO3/c17-14-7-6-12(18)8-13(14)16(21)19-9-15(20)22-10-11-4-2-1-3-5-11/h1-8H,9-10H2,(H,19,21). The molecule has 2 aromatic rings. The van der Waals surface area contributed by atoms with E-state index in [1.54, 1.807) is 0 Å². The van der Waals surface area contributed by atoms with Gasteiger partial charge < -0.3 is 10.1 Å². The van der Waals surface area contributed by atoms with Crippen LogP contribution in [-0.4, -0.2) is 18.4 Å². The Kier molecular flexibility index (Phi) is 5.66. The van der Waals surface area contributed by atoms with Crippen LogP contribution < -0.4 is 5.32 Å². The molecule has 0 bridgehead atoms. The quantitative estimate of drug-likeness (QED) is 0.828. The Morgan fingerprint density at radius 1 is 1.14 bits per heavy atom. The first kappa shape index (κ1) is 16.2. The molecular weight excluding hydrogens is 353 g/mol. The molecule has 0 saturated carbocycles. The Bertz CT molecular complexity index is 676. The number of benzene rings is 2. The number of carbonyl (C=O) groups is 2. The molecule has 0 atom stereocenters. The van der Waals surface area contributed by atoms with E-state index in [0.29, 0.717) is 4.47 Å². The monoisotopic (exact) mass is 365 g/mol. The van der Waals surface area contributed by atoms with E-state index in [1.807, 2.05) is 30.3 Å². The fourth-order valence-electron chi connectivity index (χ4n) is 1.71. The average molecular weight is 366 g/mol. The van der Waals surface area contributed by atoms with Gasteiger partial charge in [-0.3, -0.25) is 9.59 Å². The topological polar surface area (TPSA) is 55.4 Å². The number of ether oxygens (including phenoxy) is 1. The summed E-state index contributed by atoms with van der Waals surface area (Å²) >= 11 is 3.16. The van der Waals surface area contributed by atoms with Crippen LogP contribution in [0.25, 0.3) is 0 Å². The summed E-state index contributed by atoms with van der Waals surface area (Å²) < 4.78 is 18.6. The van der Waals surface area contributed by atoms with E-state index in [1.165, 1.54) is 12.1 Å². The number of rotatable bonds is 5.